The maximum Gasteiger partial charge on any atom is 0.407 e. The van der Waals surface area contributed by atoms with Crippen LogP contribution in [0.1, 0.15) is 37.3 Å². The average Bonchev–Trinajstić information content (AvgIpc) is 2.91. The van der Waals surface area contributed by atoms with E-state index in [1.807, 2.05) is 0 Å². The molecule has 1 aliphatic heterocycles. The van der Waals surface area contributed by atoms with Gasteiger partial charge in [0.05, 0.1) is 39.5 Å². The van der Waals surface area contributed by atoms with E-state index in [2.05, 4.69) is 25.7 Å². The van der Waals surface area contributed by atoms with Crippen LogP contribution in [-0.2, 0) is 32.2 Å². The zero-order chi connectivity index (χ0) is 27.5. The highest BCUT2D eigenvalue weighted by Gasteiger charge is 2.23. The van der Waals surface area contributed by atoms with Gasteiger partial charge in [-0.25, -0.2) is 4.79 Å². The fraction of sp³-hybridized carbons (Fsp3) is 0.538. The number of aromatic nitrogens is 2. The fourth-order valence-electron chi connectivity index (χ4n) is 4.44. The number of carbonyl (C=O) groups excluding carboxylic acids is 2. The summed E-state index contributed by atoms with van der Waals surface area (Å²) in [6, 6.07) is 5.11. The predicted molar refractivity (Wildman–Crippen MR) is 140 cm³/mol. The molecule has 208 valence electrons. The van der Waals surface area contributed by atoms with Crippen LogP contribution in [0.2, 0.25) is 0 Å². The number of benzene rings is 1. The molecule has 1 fully saturated rings. The number of aromatic hydroxyl groups is 1. The molecule has 12 nitrogen and oxygen atoms in total. The van der Waals surface area contributed by atoms with Crippen molar-refractivity contribution in [3.8, 4) is 22.8 Å². The average molecular weight is 532 g/mol. The van der Waals surface area contributed by atoms with Crippen LogP contribution >= 0.6 is 0 Å². The summed E-state index contributed by atoms with van der Waals surface area (Å²) in [7, 11) is 4.38. The molecule has 0 spiro atoms. The second-order valence-corrected chi connectivity index (χ2v) is 8.90. The smallest absolute Gasteiger partial charge is 0.407 e. The number of nitrogens with zero attached hydrogens (tertiary/aromatic N) is 3. The highest BCUT2D eigenvalue weighted by atomic mass is 16.5. The van der Waals surface area contributed by atoms with Crippen molar-refractivity contribution in [2.24, 2.45) is 0 Å². The Morgan fingerprint density at radius 3 is 2.68 bits per heavy atom. The van der Waals surface area contributed by atoms with E-state index in [0.717, 1.165) is 25.9 Å². The van der Waals surface area contributed by atoms with Crippen molar-refractivity contribution in [3.05, 3.63) is 29.3 Å². The summed E-state index contributed by atoms with van der Waals surface area (Å²) in [5.41, 5.74) is 2.23. The summed E-state index contributed by atoms with van der Waals surface area (Å²) in [5, 5.41) is 25.7. The minimum absolute atomic E-state index is 0.0252. The van der Waals surface area contributed by atoms with Gasteiger partial charge >= 0.3 is 12.1 Å². The molecule has 1 amide bonds. The standard InChI is InChI=1S/C26H37N5O7/c1-5-38-23(33)8-10-31-9-6-7-19(15-31)28-25-17(14-27-26(34)37-4)12-21(29-30-25)24-18(16-35-2)11-20(36-3)13-22(24)32/h11-13,19,32H,5-10,14-16H2,1-4H3,(H,27,34)(H,28,30)/t19-/m1/s1. The van der Waals surface area contributed by atoms with E-state index in [1.54, 1.807) is 26.2 Å². The maximum atomic E-state index is 11.8. The molecule has 1 saturated heterocycles. The lowest BCUT2D eigenvalue weighted by Gasteiger charge is -2.33. The minimum atomic E-state index is -0.579. The molecule has 1 aromatic heterocycles. The monoisotopic (exact) mass is 531 g/mol. The second kappa shape index (κ2) is 14.3. The molecule has 0 radical (unpaired) electrons. The molecule has 1 aromatic carbocycles. The number of amides is 1. The van der Waals surface area contributed by atoms with Crippen LogP contribution in [0, 0.1) is 0 Å². The molecule has 0 aliphatic carbocycles. The molecule has 3 N–H and O–H groups in total. The molecule has 0 bridgehead atoms. The normalized spacial score (nSPS) is 15.5. The first-order valence-corrected chi connectivity index (χ1v) is 12.6. The quantitative estimate of drug-likeness (QED) is 0.348. The Kier molecular flexibility index (Phi) is 10.9. The molecule has 2 heterocycles. The molecular formula is C26H37N5O7. The lowest BCUT2D eigenvalue weighted by Crippen LogP contribution is -2.43. The molecule has 38 heavy (non-hydrogen) atoms. The first kappa shape index (κ1) is 28.9. The maximum absolute atomic E-state index is 11.8. The van der Waals surface area contributed by atoms with E-state index in [1.165, 1.54) is 20.3 Å². The van der Waals surface area contributed by atoms with Crippen LogP contribution in [-0.4, -0.2) is 85.9 Å². The van der Waals surface area contributed by atoms with Crippen LogP contribution < -0.4 is 15.4 Å². The molecule has 1 atom stereocenters. The predicted octanol–water partition coefficient (Wildman–Crippen LogP) is 2.69. The summed E-state index contributed by atoms with van der Waals surface area (Å²) >= 11 is 0. The van der Waals surface area contributed by atoms with Crippen LogP contribution in [0.5, 0.6) is 11.5 Å². The summed E-state index contributed by atoms with van der Waals surface area (Å²) in [4.78, 5) is 25.8. The van der Waals surface area contributed by atoms with Crippen molar-refractivity contribution in [3.63, 3.8) is 0 Å². The number of methoxy groups -OCH3 is 3. The molecule has 0 saturated carbocycles. The van der Waals surface area contributed by atoms with Gasteiger partial charge in [-0.2, -0.15) is 0 Å². The van der Waals surface area contributed by atoms with Crippen LogP contribution in [0.25, 0.3) is 11.3 Å². The summed E-state index contributed by atoms with van der Waals surface area (Å²) < 4.78 is 20.4. The topological polar surface area (TPSA) is 144 Å². The zero-order valence-electron chi connectivity index (χ0n) is 22.4. The Labute approximate surface area is 222 Å². The number of piperidine rings is 1. The van der Waals surface area contributed by atoms with E-state index in [0.29, 0.717) is 53.5 Å². The largest absolute Gasteiger partial charge is 0.507 e. The number of nitrogens with one attached hydrogen (secondary N) is 2. The third-order valence-electron chi connectivity index (χ3n) is 6.23. The van der Waals surface area contributed by atoms with Gasteiger partial charge in [0.15, 0.2) is 5.82 Å². The van der Waals surface area contributed by atoms with Gasteiger partial charge in [-0.05, 0) is 44.0 Å². The number of hydrogen-bond donors (Lipinski definition) is 3. The second-order valence-electron chi connectivity index (χ2n) is 8.90. The van der Waals surface area contributed by atoms with Crippen molar-refractivity contribution in [1.29, 1.82) is 0 Å². The Hall–Kier alpha value is -3.64. The lowest BCUT2D eigenvalue weighted by molar-refractivity contribution is -0.143. The van der Waals surface area contributed by atoms with E-state index < -0.39 is 6.09 Å². The number of likely N-dealkylation sites (tertiary alicyclic amines) is 1. The number of anilines is 1. The van der Waals surface area contributed by atoms with E-state index in [9.17, 15) is 14.7 Å². The third kappa shape index (κ3) is 7.93. The molecular weight excluding hydrogens is 494 g/mol. The first-order chi connectivity index (χ1) is 18.4. The van der Waals surface area contributed by atoms with Gasteiger partial charge in [-0.15, -0.1) is 10.2 Å². The lowest BCUT2D eigenvalue weighted by atomic mass is 10.0. The summed E-state index contributed by atoms with van der Waals surface area (Å²) in [5.74, 6) is 0.781. The summed E-state index contributed by atoms with van der Waals surface area (Å²) in [6.07, 6.45) is 1.64. The number of alkyl carbamates (subject to hydrolysis) is 1. The van der Waals surface area contributed by atoms with Gasteiger partial charge in [0.25, 0.3) is 0 Å². The van der Waals surface area contributed by atoms with E-state index >= 15 is 0 Å². The highest BCUT2D eigenvalue weighted by Crippen LogP contribution is 2.36. The number of ether oxygens (including phenoxy) is 4. The van der Waals surface area contributed by atoms with Crippen LogP contribution in [0.15, 0.2) is 18.2 Å². The van der Waals surface area contributed by atoms with Gasteiger partial charge in [-0.3, -0.25) is 4.79 Å². The number of esters is 1. The highest BCUT2D eigenvalue weighted by molar-refractivity contribution is 5.74. The molecule has 2 aromatic rings. The Balaban J connectivity index is 1.85. The van der Waals surface area contributed by atoms with Gasteiger partial charge in [0.2, 0.25) is 0 Å². The summed E-state index contributed by atoms with van der Waals surface area (Å²) in [6.45, 7) is 4.78. The van der Waals surface area contributed by atoms with Crippen molar-refractivity contribution < 1.29 is 33.6 Å². The van der Waals surface area contributed by atoms with E-state index in [4.69, 9.17) is 18.9 Å². The molecule has 1 aliphatic rings. The fourth-order valence-corrected chi connectivity index (χ4v) is 4.44. The number of hydrogen-bond acceptors (Lipinski definition) is 11. The number of carbonyl (C=O) groups is 2. The van der Waals surface area contributed by atoms with Crippen LogP contribution in [0.4, 0.5) is 10.6 Å². The van der Waals surface area contributed by atoms with Crippen LogP contribution in [0.3, 0.4) is 0 Å². The Morgan fingerprint density at radius 2 is 1.97 bits per heavy atom. The van der Waals surface area contributed by atoms with Gasteiger partial charge < -0.3 is 39.6 Å². The molecule has 12 heteroatoms. The molecule has 3 rings (SSSR count). The first-order valence-electron chi connectivity index (χ1n) is 12.6. The number of rotatable bonds is 12. The van der Waals surface area contributed by atoms with Gasteiger partial charge in [-0.1, -0.05) is 0 Å². The van der Waals surface area contributed by atoms with Crippen molar-refractivity contribution in [1.82, 2.24) is 20.4 Å². The minimum Gasteiger partial charge on any atom is -0.507 e. The van der Waals surface area contributed by atoms with Crippen molar-refractivity contribution in [2.45, 2.75) is 45.4 Å². The third-order valence-corrected chi connectivity index (χ3v) is 6.23. The number of phenolic OH excluding ortho intramolecular Hbond substituents is 1. The van der Waals surface area contributed by atoms with Crippen molar-refractivity contribution in [2.75, 3.05) is 52.9 Å². The Morgan fingerprint density at radius 1 is 1.16 bits per heavy atom. The molecule has 0 unspecified atom stereocenters. The van der Waals surface area contributed by atoms with Gasteiger partial charge in [0.1, 0.15) is 11.5 Å². The Bertz CT molecular complexity index is 1100. The SMILES string of the molecule is CCOC(=O)CCN1CCC[C@@H](Nc2nnc(-c3c(O)cc(OC)cc3COC)cc2CNC(=O)OC)C1. The number of phenols is 1. The van der Waals surface area contributed by atoms with Crippen molar-refractivity contribution >= 4 is 17.9 Å². The van der Waals surface area contributed by atoms with E-state index in [-0.39, 0.29) is 30.9 Å². The zero-order valence-corrected chi connectivity index (χ0v) is 22.4. The van der Waals surface area contributed by atoms with Gasteiger partial charge in [0, 0.05) is 50.0 Å².